The topological polar surface area (TPSA) is 75.0 Å². The molecule has 0 amide bonds. The smallest absolute Gasteiger partial charge is 0.251 e. The van der Waals surface area contributed by atoms with Crippen molar-refractivity contribution in [3.05, 3.63) is 77.0 Å². The average molecular weight is 372 g/mol. The minimum atomic E-state index is -0.115. The lowest BCUT2D eigenvalue weighted by Crippen LogP contribution is -2.35. The average Bonchev–Trinajstić information content (AvgIpc) is 3.23. The molecule has 0 aliphatic carbocycles. The Balaban J connectivity index is 1.48. The first kappa shape index (κ1) is 16.7. The molecule has 0 saturated carbocycles. The Morgan fingerprint density at radius 1 is 1.14 bits per heavy atom. The van der Waals surface area contributed by atoms with Crippen LogP contribution in [0.1, 0.15) is 24.5 Å². The highest BCUT2D eigenvalue weighted by atomic mass is 16.3. The van der Waals surface area contributed by atoms with Crippen LogP contribution in [0, 0.1) is 0 Å². The molecule has 3 aromatic heterocycles. The van der Waals surface area contributed by atoms with Gasteiger partial charge in [-0.2, -0.15) is 0 Å². The number of hydrogen-bond donors (Lipinski definition) is 1. The van der Waals surface area contributed by atoms with E-state index in [1.165, 1.54) is 0 Å². The van der Waals surface area contributed by atoms with Crippen LogP contribution in [0.25, 0.3) is 22.4 Å². The number of aromatic nitrogens is 3. The molecule has 28 heavy (non-hydrogen) atoms. The van der Waals surface area contributed by atoms with Gasteiger partial charge in [-0.3, -0.25) is 4.79 Å². The first-order valence-electron chi connectivity index (χ1n) is 9.52. The number of nitrogens with one attached hydrogen (secondary N) is 1. The van der Waals surface area contributed by atoms with Crippen LogP contribution in [-0.4, -0.2) is 28.0 Å². The maximum Gasteiger partial charge on any atom is 0.251 e. The fourth-order valence-electron chi connectivity index (χ4n) is 3.96. The molecule has 0 radical (unpaired) electrons. The molecule has 4 aromatic rings. The molecule has 1 N–H and O–H groups in total. The van der Waals surface area contributed by atoms with Gasteiger partial charge >= 0.3 is 0 Å². The van der Waals surface area contributed by atoms with Gasteiger partial charge in [0.25, 0.3) is 5.56 Å². The van der Waals surface area contributed by atoms with Crippen molar-refractivity contribution in [3.63, 3.8) is 0 Å². The fraction of sp³-hybridized carbons (Fsp3) is 0.227. The molecule has 0 spiro atoms. The maximum atomic E-state index is 12.3. The molecule has 1 fully saturated rings. The van der Waals surface area contributed by atoms with Gasteiger partial charge in [-0.25, -0.2) is 9.97 Å². The molecule has 0 bridgehead atoms. The normalized spacial score (nSPS) is 17.1. The van der Waals surface area contributed by atoms with Crippen LogP contribution in [-0.2, 0) is 0 Å². The second kappa shape index (κ2) is 6.96. The van der Waals surface area contributed by atoms with Gasteiger partial charge in [0.15, 0.2) is 0 Å². The highest BCUT2D eigenvalue weighted by Gasteiger charge is 2.25. The number of H-pyrrole nitrogens is 1. The Kier molecular flexibility index (Phi) is 4.16. The van der Waals surface area contributed by atoms with Gasteiger partial charge < -0.3 is 14.3 Å². The number of pyridine rings is 1. The van der Waals surface area contributed by atoms with E-state index < -0.39 is 0 Å². The summed E-state index contributed by atoms with van der Waals surface area (Å²) in [6, 6.07) is 15.2. The summed E-state index contributed by atoms with van der Waals surface area (Å²) in [5, 5.41) is 1.02. The third kappa shape index (κ3) is 3.07. The van der Waals surface area contributed by atoms with E-state index >= 15 is 0 Å². The second-order valence-electron chi connectivity index (χ2n) is 7.14. The third-order valence-corrected chi connectivity index (χ3v) is 5.31. The predicted molar refractivity (Wildman–Crippen MR) is 108 cm³/mol. The zero-order chi connectivity index (χ0) is 18.9. The highest BCUT2D eigenvalue weighted by molar-refractivity contribution is 5.88. The van der Waals surface area contributed by atoms with E-state index in [1.54, 1.807) is 18.5 Å². The van der Waals surface area contributed by atoms with Crippen LogP contribution in [0.15, 0.2) is 70.2 Å². The van der Waals surface area contributed by atoms with Crippen molar-refractivity contribution in [2.45, 2.75) is 18.8 Å². The zero-order valence-electron chi connectivity index (χ0n) is 15.3. The van der Waals surface area contributed by atoms with Crippen LogP contribution in [0.2, 0.25) is 0 Å². The van der Waals surface area contributed by atoms with Gasteiger partial charge in [-0.1, -0.05) is 30.3 Å². The molecule has 1 aliphatic heterocycles. The Morgan fingerprint density at radius 2 is 2.04 bits per heavy atom. The molecule has 1 aromatic carbocycles. The number of nitrogens with zero attached hydrogens (tertiary/aromatic N) is 3. The Morgan fingerprint density at radius 3 is 2.93 bits per heavy atom. The molecule has 1 saturated heterocycles. The van der Waals surface area contributed by atoms with E-state index in [2.05, 4.69) is 14.9 Å². The summed E-state index contributed by atoms with van der Waals surface area (Å²) in [6.45, 7) is 1.71. The minimum Gasteiger partial charge on any atom is -0.464 e. The second-order valence-corrected chi connectivity index (χ2v) is 7.14. The fourth-order valence-corrected chi connectivity index (χ4v) is 3.96. The lowest BCUT2D eigenvalue weighted by Gasteiger charge is -2.33. The highest BCUT2D eigenvalue weighted by Crippen LogP contribution is 2.32. The Bertz CT molecular complexity index is 1170. The summed E-state index contributed by atoms with van der Waals surface area (Å²) in [5.41, 5.74) is 2.48. The molecule has 6 heteroatoms. The number of piperidine rings is 1. The lowest BCUT2D eigenvalue weighted by atomic mass is 9.94. The summed E-state index contributed by atoms with van der Waals surface area (Å²) in [7, 11) is 0. The van der Waals surface area contributed by atoms with Gasteiger partial charge in [-0.15, -0.1) is 0 Å². The monoisotopic (exact) mass is 372 g/mol. The Labute approximate surface area is 161 Å². The predicted octanol–water partition coefficient (Wildman–Crippen LogP) is 3.96. The quantitative estimate of drug-likeness (QED) is 0.589. The summed E-state index contributed by atoms with van der Waals surface area (Å²) >= 11 is 0. The van der Waals surface area contributed by atoms with Crippen molar-refractivity contribution >= 4 is 16.8 Å². The summed E-state index contributed by atoms with van der Waals surface area (Å²) in [6.07, 6.45) is 5.50. The lowest BCUT2D eigenvalue weighted by molar-refractivity contribution is 0.499. The van der Waals surface area contributed by atoms with Crippen molar-refractivity contribution in [2.24, 2.45) is 0 Å². The van der Waals surface area contributed by atoms with E-state index in [-0.39, 0.29) is 11.5 Å². The molecule has 4 heterocycles. The van der Waals surface area contributed by atoms with Crippen molar-refractivity contribution < 1.29 is 4.42 Å². The van der Waals surface area contributed by atoms with Crippen LogP contribution < -0.4 is 10.5 Å². The van der Waals surface area contributed by atoms with E-state index in [0.29, 0.717) is 5.82 Å². The minimum absolute atomic E-state index is 0.115. The van der Waals surface area contributed by atoms with Crippen LogP contribution in [0.5, 0.6) is 0 Å². The first-order valence-corrected chi connectivity index (χ1v) is 9.52. The molecular weight excluding hydrogens is 352 g/mol. The number of furan rings is 1. The first-order chi connectivity index (χ1) is 13.8. The number of hydrogen-bond acceptors (Lipinski definition) is 5. The van der Waals surface area contributed by atoms with E-state index in [9.17, 15) is 4.79 Å². The van der Waals surface area contributed by atoms with Gasteiger partial charge in [-0.05, 0) is 25.0 Å². The van der Waals surface area contributed by atoms with Crippen LogP contribution in [0.3, 0.4) is 0 Å². The number of aromatic amines is 1. The van der Waals surface area contributed by atoms with Gasteiger partial charge in [0.05, 0.1) is 17.3 Å². The number of benzene rings is 1. The summed E-state index contributed by atoms with van der Waals surface area (Å²) in [4.78, 5) is 26.8. The largest absolute Gasteiger partial charge is 0.464 e. The van der Waals surface area contributed by atoms with Gasteiger partial charge in [0, 0.05) is 36.8 Å². The molecule has 6 nitrogen and oxygen atoms in total. The maximum absolute atomic E-state index is 12.3. The molecular formula is C22H20N4O2. The Hall–Kier alpha value is -3.41. The molecule has 5 rings (SSSR count). The van der Waals surface area contributed by atoms with E-state index in [0.717, 1.165) is 54.0 Å². The standard InChI is InChI=1S/C22H20N4O2/c27-20-13-18(24-21(25-20)15-5-2-1-3-6-15)16-7-4-11-26(14-16)22-17-9-12-28-19(17)8-10-23-22/h1-3,5-6,8-10,12-13,16H,4,7,11,14H2,(H,24,25,27)/t16-/m0/s1. The number of fused-ring (bicyclic) bond motifs is 1. The summed E-state index contributed by atoms with van der Waals surface area (Å²) in [5.74, 6) is 1.74. The van der Waals surface area contributed by atoms with E-state index in [4.69, 9.17) is 9.40 Å². The van der Waals surface area contributed by atoms with Crippen molar-refractivity contribution in [1.82, 2.24) is 15.0 Å². The SMILES string of the molecule is O=c1cc([C@H]2CCCN(c3nccc4occc34)C2)nc(-c2ccccc2)[nH]1. The van der Waals surface area contributed by atoms with Crippen LogP contribution >= 0.6 is 0 Å². The number of anilines is 1. The van der Waals surface area contributed by atoms with Crippen molar-refractivity contribution in [1.29, 1.82) is 0 Å². The van der Waals surface area contributed by atoms with Crippen molar-refractivity contribution in [3.8, 4) is 11.4 Å². The molecule has 1 atom stereocenters. The van der Waals surface area contributed by atoms with Gasteiger partial charge in [0.1, 0.15) is 17.2 Å². The van der Waals surface area contributed by atoms with Crippen LogP contribution in [0.4, 0.5) is 5.82 Å². The van der Waals surface area contributed by atoms with Gasteiger partial charge in [0.2, 0.25) is 0 Å². The summed E-state index contributed by atoms with van der Waals surface area (Å²) < 4.78 is 5.52. The third-order valence-electron chi connectivity index (χ3n) is 5.31. The van der Waals surface area contributed by atoms with Crippen molar-refractivity contribution in [2.75, 3.05) is 18.0 Å². The molecule has 140 valence electrons. The zero-order valence-corrected chi connectivity index (χ0v) is 15.3. The number of rotatable bonds is 3. The molecule has 0 unspecified atom stereocenters. The van der Waals surface area contributed by atoms with E-state index in [1.807, 2.05) is 42.5 Å². The molecule has 1 aliphatic rings.